The number of aliphatic hydroxyl groups is 1. The number of benzene rings is 3. The van der Waals surface area contributed by atoms with Gasteiger partial charge in [0, 0.05) is 23.5 Å². The van der Waals surface area contributed by atoms with Crippen LogP contribution in [0.5, 0.6) is 11.5 Å². The highest BCUT2D eigenvalue weighted by Gasteiger charge is 2.51. The number of anilines is 1. The predicted molar refractivity (Wildman–Crippen MR) is 131 cm³/mol. The molecule has 0 bridgehead atoms. The Balaban J connectivity index is 1.87. The maximum absolute atomic E-state index is 13.8. The van der Waals surface area contributed by atoms with E-state index in [1.807, 2.05) is 43.3 Å². The Morgan fingerprint density at radius 3 is 2.32 bits per heavy atom. The summed E-state index contributed by atoms with van der Waals surface area (Å²) >= 11 is 1.26. The maximum atomic E-state index is 13.8. The van der Waals surface area contributed by atoms with E-state index < -0.39 is 22.8 Å². The van der Waals surface area contributed by atoms with E-state index in [0.29, 0.717) is 35.8 Å². The second kappa shape index (κ2) is 10.0. The molecule has 0 aromatic heterocycles. The Morgan fingerprint density at radius 2 is 1.68 bits per heavy atom. The molecule has 1 aliphatic heterocycles. The molecule has 1 amide bonds. The van der Waals surface area contributed by atoms with Gasteiger partial charge in [-0.05, 0) is 62.6 Å². The minimum Gasteiger partial charge on any atom is -0.497 e. The molecule has 178 valence electrons. The molecule has 1 N–H and O–H groups in total. The highest BCUT2D eigenvalue weighted by Crippen LogP contribution is 2.51. The van der Waals surface area contributed by atoms with Crippen LogP contribution >= 0.6 is 11.8 Å². The number of para-hydroxylation sites is 1. The summed E-state index contributed by atoms with van der Waals surface area (Å²) < 4.78 is 25.3. The molecule has 6 nitrogen and oxygen atoms in total. The monoisotopic (exact) mass is 482 g/mol. The third-order valence-corrected chi connectivity index (χ3v) is 7.03. The zero-order valence-electron chi connectivity index (χ0n) is 19.3. The summed E-state index contributed by atoms with van der Waals surface area (Å²) in [4.78, 5) is 16.6. The lowest BCUT2D eigenvalue weighted by molar-refractivity contribution is -0.133. The molecule has 0 aliphatic carbocycles. The number of halogens is 1. The van der Waals surface area contributed by atoms with Crippen LogP contribution in [0.3, 0.4) is 0 Å². The number of fused-ring (bicyclic) bond motifs is 1. The summed E-state index contributed by atoms with van der Waals surface area (Å²) in [5.41, 5.74) is 1.28. The number of hydrogen-bond acceptors (Lipinski definition) is 6. The van der Waals surface area contributed by atoms with Crippen molar-refractivity contribution in [3.63, 3.8) is 0 Å². The quantitative estimate of drug-likeness (QED) is 0.547. The molecule has 0 saturated carbocycles. The molecule has 8 heteroatoms. The molecule has 3 aromatic rings. The maximum Gasteiger partial charge on any atom is 0.261 e. The molecule has 0 spiro atoms. The molecule has 0 saturated heterocycles. The smallest absolute Gasteiger partial charge is 0.261 e. The molecule has 3 aromatic carbocycles. The normalized spacial score (nSPS) is 20.1. The number of amides is 1. The van der Waals surface area contributed by atoms with Crippen LogP contribution in [0.4, 0.5) is 10.1 Å². The number of hydrogen-bond donors (Lipinski definition) is 1. The number of rotatable bonds is 7. The molecular weight excluding hydrogens is 455 g/mol. The lowest BCUT2D eigenvalue weighted by Gasteiger charge is -2.36. The van der Waals surface area contributed by atoms with Gasteiger partial charge < -0.3 is 24.4 Å². The van der Waals surface area contributed by atoms with E-state index in [4.69, 9.17) is 9.47 Å². The molecule has 1 aliphatic rings. The van der Waals surface area contributed by atoms with Crippen molar-refractivity contribution < 1.29 is 23.8 Å². The Labute approximate surface area is 202 Å². The number of thioether (sulfide) groups is 1. The fourth-order valence-electron chi connectivity index (χ4n) is 3.80. The Hall–Kier alpha value is -3.07. The number of aliphatic hydroxyl groups excluding tert-OH is 1. The topological polar surface area (TPSA) is 62.2 Å². The first-order chi connectivity index (χ1) is 16.3. The van der Waals surface area contributed by atoms with Crippen LogP contribution in [0.2, 0.25) is 0 Å². The van der Waals surface area contributed by atoms with Crippen molar-refractivity contribution in [2.24, 2.45) is 0 Å². The summed E-state index contributed by atoms with van der Waals surface area (Å²) in [7, 11) is 5.43. The van der Waals surface area contributed by atoms with E-state index in [1.165, 1.54) is 36.0 Å². The summed E-state index contributed by atoms with van der Waals surface area (Å²) in [5, 5.41) is 11.6. The fraction of sp³-hybridized carbons (Fsp3) is 0.269. The number of ether oxygens (including phenoxy) is 2. The van der Waals surface area contributed by atoms with Crippen molar-refractivity contribution in [1.82, 2.24) is 4.90 Å². The van der Waals surface area contributed by atoms with Gasteiger partial charge in [-0.1, -0.05) is 36.0 Å². The van der Waals surface area contributed by atoms with E-state index >= 15 is 0 Å². The molecule has 0 radical (unpaired) electrons. The van der Waals surface area contributed by atoms with Crippen LogP contribution in [0.15, 0.2) is 77.7 Å². The molecule has 0 fully saturated rings. The van der Waals surface area contributed by atoms with E-state index in [9.17, 15) is 14.3 Å². The van der Waals surface area contributed by atoms with Gasteiger partial charge in [-0.2, -0.15) is 0 Å². The molecule has 1 heterocycles. The summed E-state index contributed by atoms with van der Waals surface area (Å²) in [6.45, 7) is 1.02. The van der Waals surface area contributed by atoms with E-state index in [0.717, 1.165) is 4.90 Å². The van der Waals surface area contributed by atoms with Gasteiger partial charge in [-0.25, -0.2) is 4.39 Å². The second-order valence-electron chi connectivity index (χ2n) is 8.22. The van der Waals surface area contributed by atoms with Gasteiger partial charge in [-0.15, -0.1) is 0 Å². The van der Waals surface area contributed by atoms with Crippen molar-refractivity contribution in [3.05, 3.63) is 84.2 Å². The van der Waals surface area contributed by atoms with Crippen LogP contribution in [0.25, 0.3) is 0 Å². The van der Waals surface area contributed by atoms with Crippen molar-refractivity contribution in [1.29, 1.82) is 0 Å². The van der Waals surface area contributed by atoms with Gasteiger partial charge >= 0.3 is 0 Å². The molecule has 34 heavy (non-hydrogen) atoms. The SMILES string of the molecule is COc1ccc(C2(Oc3ccc(F)cc3)Sc3ccccc3N(CCN(C)C)C(=O)C2O)cc1. The standard InChI is InChI=1S/C26H27FN2O4S/c1-28(2)16-17-29-22-6-4-5-7-23(22)34-26(24(30)25(29)31,18-8-12-20(32-3)13-9-18)33-21-14-10-19(27)11-15-21/h4-15,24,30H,16-17H2,1-3H3. The minimum atomic E-state index is -1.55. The van der Waals surface area contributed by atoms with Crippen molar-refractivity contribution in [2.75, 3.05) is 39.2 Å². The number of carbonyl (C=O) groups is 1. The summed E-state index contributed by atoms with van der Waals surface area (Å²) in [6, 6.07) is 20.1. The molecule has 4 rings (SSSR count). The second-order valence-corrected chi connectivity index (χ2v) is 9.47. The lowest BCUT2D eigenvalue weighted by atomic mass is 10.0. The van der Waals surface area contributed by atoms with Crippen LogP contribution in [-0.4, -0.2) is 56.3 Å². The van der Waals surface area contributed by atoms with Crippen molar-refractivity contribution in [3.8, 4) is 11.5 Å². The summed E-state index contributed by atoms with van der Waals surface area (Å²) in [5.74, 6) is 0.0809. The molecular formula is C26H27FN2O4S. The Morgan fingerprint density at radius 1 is 1.03 bits per heavy atom. The molecule has 2 atom stereocenters. The average Bonchev–Trinajstić information content (AvgIpc) is 2.93. The first kappa shape index (κ1) is 24.1. The van der Waals surface area contributed by atoms with Crippen molar-refractivity contribution >= 4 is 23.4 Å². The highest BCUT2D eigenvalue weighted by molar-refractivity contribution is 8.00. The van der Waals surface area contributed by atoms with E-state index in [1.54, 1.807) is 36.3 Å². The average molecular weight is 483 g/mol. The van der Waals surface area contributed by atoms with Gasteiger partial charge in [0.2, 0.25) is 4.93 Å². The van der Waals surface area contributed by atoms with Gasteiger partial charge in [0.1, 0.15) is 17.3 Å². The molecule has 2 unspecified atom stereocenters. The van der Waals surface area contributed by atoms with Crippen molar-refractivity contribution in [2.45, 2.75) is 15.9 Å². The van der Waals surface area contributed by atoms with Gasteiger partial charge in [0.05, 0.1) is 12.8 Å². The summed E-state index contributed by atoms with van der Waals surface area (Å²) in [6.07, 6.45) is -1.55. The van der Waals surface area contributed by atoms with Crippen LogP contribution in [-0.2, 0) is 9.73 Å². The van der Waals surface area contributed by atoms with Gasteiger partial charge in [0.25, 0.3) is 5.91 Å². The van der Waals surface area contributed by atoms with Crippen LogP contribution in [0, 0.1) is 5.82 Å². The zero-order valence-corrected chi connectivity index (χ0v) is 20.1. The highest BCUT2D eigenvalue weighted by atomic mass is 32.2. The van der Waals surface area contributed by atoms with Gasteiger partial charge in [-0.3, -0.25) is 4.79 Å². The number of methoxy groups -OCH3 is 1. The zero-order chi connectivity index (χ0) is 24.3. The van der Waals surface area contributed by atoms with E-state index in [-0.39, 0.29) is 0 Å². The van der Waals surface area contributed by atoms with Gasteiger partial charge in [0.15, 0.2) is 6.10 Å². The fourth-order valence-corrected chi connectivity index (χ4v) is 5.16. The van der Waals surface area contributed by atoms with Crippen LogP contribution in [0.1, 0.15) is 5.56 Å². The number of likely N-dealkylation sites (N-methyl/N-ethyl adjacent to an activating group) is 1. The third kappa shape index (κ3) is 4.75. The Bertz CT molecular complexity index is 1140. The first-order valence-corrected chi connectivity index (χ1v) is 11.7. The third-order valence-electron chi connectivity index (χ3n) is 5.62. The minimum absolute atomic E-state index is 0.329. The number of nitrogens with zero attached hydrogens (tertiary/aromatic N) is 2. The number of carbonyl (C=O) groups excluding carboxylic acids is 1. The van der Waals surface area contributed by atoms with E-state index in [2.05, 4.69) is 0 Å². The lowest BCUT2D eigenvalue weighted by Crippen LogP contribution is -2.51. The first-order valence-electron chi connectivity index (χ1n) is 10.9. The largest absolute Gasteiger partial charge is 0.497 e. The predicted octanol–water partition coefficient (Wildman–Crippen LogP) is 4.13. The Kier molecular flexibility index (Phi) is 7.11. The van der Waals surface area contributed by atoms with Crippen LogP contribution < -0.4 is 14.4 Å².